The lowest BCUT2D eigenvalue weighted by molar-refractivity contribution is 0.00718. The Balaban J connectivity index is 1.58. The molecule has 2 atom stereocenters. The van der Waals surface area contributed by atoms with E-state index >= 15 is 0 Å². The highest BCUT2D eigenvalue weighted by Gasteiger charge is 2.35. The Morgan fingerprint density at radius 2 is 1.27 bits per heavy atom. The van der Waals surface area contributed by atoms with E-state index in [1.165, 1.54) is 21.3 Å². The minimum absolute atomic E-state index is 0.262. The van der Waals surface area contributed by atoms with Crippen molar-refractivity contribution >= 4 is 16.7 Å². The van der Waals surface area contributed by atoms with Gasteiger partial charge in [0.15, 0.2) is 23.0 Å². The van der Waals surface area contributed by atoms with Gasteiger partial charge in [0.1, 0.15) is 18.0 Å². The summed E-state index contributed by atoms with van der Waals surface area (Å²) < 4.78 is 45.7. The summed E-state index contributed by atoms with van der Waals surface area (Å²) in [6.45, 7) is 0. The van der Waals surface area contributed by atoms with Crippen LogP contribution in [0.2, 0.25) is 0 Å². The van der Waals surface area contributed by atoms with Crippen LogP contribution in [0, 0.1) is 0 Å². The molecule has 0 N–H and O–H groups in total. The van der Waals surface area contributed by atoms with Crippen molar-refractivity contribution in [3.8, 4) is 40.2 Å². The summed E-state index contributed by atoms with van der Waals surface area (Å²) >= 11 is 0. The number of hydrogen-bond acceptors (Lipinski definition) is 9. The van der Waals surface area contributed by atoms with E-state index < -0.39 is 18.2 Å². The van der Waals surface area contributed by atoms with E-state index in [-0.39, 0.29) is 5.56 Å². The average molecular weight is 561 g/mol. The van der Waals surface area contributed by atoms with Gasteiger partial charge >= 0.3 is 5.97 Å². The van der Waals surface area contributed by atoms with Crippen molar-refractivity contribution in [3.05, 3.63) is 77.4 Å². The molecule has 0 saturated carbocycles. The maximum absolute atomic E-state index is 13.6. The fraction of sp³-hybridized carbons (Fsp3) is 0.281. The van der Waals surface area contributed by atoms with Crippen LogP contribution in [0.15, 0.2) is 60.7 Å². The zero-order chi connectivity index (χ0) is 29.1. The van der Waals surface area contributed by atoms with Gasteiger partial charge in [-0.2, -0.15) is 0 Å². The van der Waals surface area contributed by atoms with Crippen molar-refractivity contribution in [2.24, 2.45) is 0 Å². The molecule has 0 aromatic heterocycles. The molecule has 4 aromatic rings. The fourth-order valence-corrected chi connectivity index (χ4v) is 5.16. The van der Waals surface area contributed by atoms with Gasteiger partial charge in [-0.05, 0) is 29.7 Å². The molecule has 0 spiro atoms. The zero-order valence-electron chi connectivity index (χ0n) is 23.8. The highest BCUT2D eigenvalue weighted by Crippen LogP contribution is 2.49. The summed E-state index contributed by atoms with van der Waals surface area (Å²) in [7, 11) is 9.17. The second-order valence-electron chi connectivity index (χ2n) is 9.31. The third kappa shape index (κ3) is 5.11. The van der Waals surface area contributed by atoms with E-state index in [1.54, 1.807) is 33.5 Å². The number of methoxy groups -OCH3 is 6. The van der Waals surface area contributed by atoms with Crippen molar-refractivity contribution in [3.63, 3.8) is 0 Å². The predicted molar refractivity (Wildman–Crippen MR) is 152 cm³/mol. The minimum Gasteiger partial charge on any atom is -0.493 e. The Kier molecular flexibility index (Phi) is 7.96. The third-order valence-electron chi connectivity index (χ3n) is 7.15. The Labute approximate surface area is 238 Å². The molecule has 214 valence electrons. The molecule has 0 saturated heterocycles. The van der Waals surface area contributed by atoms with E-state index in [0.717, 1.165) is 21.9 Å². The van der Waals surface area contributed by atoms with Crippen LogP contribution in [0.5, 0.6) is 40.2 Å². The SMILES string of the molecule is COc1cc(C(=O)OC2C[C@@H](c3cc(OC)c(OC)c(OC)c3)Oc3c2ccc2ccccc32)cc(OC)c1OC. The number of hydrogen-bond donors (Lipinski definition) is 0. The normalized spacial score (nSPS) is 15.8. The van der Waals surface area contributed by atoms with Crippen LogP contribution in [0.4, 0.5) is 0 Å². The smallest absolute Gasteiger partial charge is 0.339 e. The molecule has 9 heteroatoms. The Morgan fingerprint density at radius 3 is 1.83 bits per heavy atom. The Hall–Kier alpha value is -4.79. The van der Waals surface area contributed by atoms with Crippen LogP contribution in [0.25, 0.3) is 10.8 Å². The first-order valence-corrected chi connectivity index (χ1v) is 12.9. The highest BCUT2D eigenvalue weighted by atomic mass is 16.6. The zero-order valence-corrected chi connectivity index (χ0v) is 23.8. The molecule has 0 fully saturated rings. The average Bonchev–Trinajstić information content (AvgIpc) is 3.02. The molecule has 0 radical (unpaired) electrons. The van der Waals surface area contributed by atoms with E-state index in [1.807, 2.05) is 48.5 Å². The number of fused-ring (bicyclic) bond motifs is 3. The van der Waals surface area contributed by atoms with E-state index in [0.29, 0.717) is 46.7 Å². The summed E-state index contributed by atoms with van der Waals surface area (Å²) in [5.74, 6) is 2.68. The molecule has 1 aliphatic heterocycles. The first-order valence-electron chi connectivity index (χ1n) is 12.9. The van der Waals surface area contributed by atoms with Gasteiger partial charge in [-0.1, -0.05) is 36.4 Å². The monoisotopic (exact) mass is 560 g/mol. The first-order chi connectivity index (χ1) is 20.0. The van der Waals surface area contributed by atoms with Gasteiger partial charge in [-0.3, -0.25) is 0 Å². The molecular formula is C32H32O9. The molecule has 41 heavy (non-hydrogen) atoms. The Bertz CT molecular complexity index is 1530. The number of benzene rings is 4. The number of rotatable bonds is 9. The van der Waals surface area contributed by atoms with Crippen LogP contribution in [-0.2, 0) is 4.74 Å². The highest BCUT2D eigenvalue weighted by molar-refractivity contribution is 5.92. The summed E-state index contributed by atoms with van der Waals surface area (Å²) in [6, 6.07) is 18.7. The van der Waals surface area contributed by atoms with Crippen LogP contribution in [-0.4, -0.2) is 48.6 Å². The quantitative estimate of drug-likeness (QED) is 0.218. The maximum Gasteiger partial charge on any atom is 0.339 e. The van der Waals surface area contributed by atoms with Crippen LogP contribution < -0.4 is 33.2 Å². The second kappa shape index (κ2) is 11.8. The number of carbonyl (C=O) groups excluding carboxylic acids is 1. The molecule has 5 rings (SSSR count). The number of esters is 1. The lowest BCUT2D eigenvalue weighted by Crippen LogP contribution is -2.23. The van der Waals surface area contributed by atoms with Gasteiger partial charge in [0.2, 0.25) is 11.5 Å². The second-order valence-corrected chi connectivity index (χ2v) is 9.31. The first kappa shape index (κ1) is 27.8. The van der Waals surface area contributed by atoms with Crippen molar-refractivity contribution in [2.45, 2.75) is 18.6 Å². The van der Waals surface area contributed by atoms with Gasteiger partial charge in [0, 0.05) is 22.9 Å². The summed E-state index contributed by atoms with van der Waals surface area (Å²) in [5.41, 5.74) is 1.82. The molecule has 1 unspecified atom stereocenters. The van der Waals surface area contributed by atoms with Gasteiger partial charge in [-0.15, -0.1) is 0 Å². The van der Waals surface area contributed by atoms with Gasteiger partial charge < -0.3 is 37.9 Å². The van der Waals surface area contributed by atoms with Gasteiger partial charge in [0.25, 0.3) is 0 Å². The van der Waals surface area contributed by atoms with Crippen LogP contribution >= 0.6 is 0 Å². The molecule has 0 aliphatic carbocycles. The molecule has 1 aliphatic rings. The molecule has 0 amide bonds. The van der Waals surface area contributed by atoms with Crippen molar-refractivity contribution in [1.82, 2.24) is 0 Å². The topological polar surface area (TPSA) is 90.9 Å². The molecule has 4 aromatic carbocycles. The summed E-state index contributed by atoms with van der Waals surface area (Å²) in [5, 5.41) is 1.92. The van der Waals surface area contributed by atoms with E-state index in [4.69, 9.17) is 37.9 Å². The van der Waals surface area contributed by atoms with Crippen molar-refractivity contribution in [1.29, 1.82) is 0 Å². The third-order valence-corrected chi connectivity index (χ3v) is 7.15. The van der Waals surface area contributed by atoms with Gasteiger partial charge in [-0.25, -0.2) is 4.79 Å². The largest absolute Gasteiger partial charge is 0.493 e. The minimum atomic E-state index is -0.626. The molecular weight excluding hydrogens is 528 g/mol. The van der Waals surface area contributed by atoms with E-state index in [9.17, 15) is 4.79 Å². The van der Waals surface area contributed by atoms with Gasteiger partial charge in [0.05, 0.1) is 48.2 Å². The fourth-order valence-electron chi connectivity index (χ4n) is 5.16. The predicted octanol–water partition coefficient (Wildman–Crippen LogP) is 6.31. The summed E-state index contributed by atoms with van der Waals surface area (Å²) in [4.78, 5) is 13.6. The van der Waals surface area contributed by atoms with Crippen LogP contribution in [0.1, 0.15) is 40.1 Å². The van der Waals surface area contributed by atoms with Crippen molar-refractivity contribution in [2.75, 3.05) is 42.7 Å². The summed E-state index contributed by atoms with van der Waals surface area (Å²) in [6.07, 6.45) is -0.765. The molecule has 1 heterocycles. The molecule has 0 bridgehead atoms. The Morgan fingerprint density at radius 1 is 0.707 bits per heavy atom. The number of ether oxygens (including phenoxy) is 8. The standard InChI is InChI=1S/C32H32O9/c1-34-25-13-19(14-26(35-2)30(25)38-5)23-17-24(22-12-11-18-9-7-8-10-21(18)29(22)40-23)41-32(33)20-15-27(36-3)31(39-6)28(16-20)37-4/h7-16,23-24H,17H2,1-6H3/t23-,24?/m0/s1. The maximum atomic E-state index is 13.6. The lowest BCUT2D eigenvalue weighted by Gasteiger charge is -2.33. The van der Waals surface area contributed by atoms with E-state index in [2.05, 4.69) is 0 Å². The molecule has 9 nitrogen and oxygen atoms in total. The van der Waals surface area contributed by atoms with Crippen molar-refractivity contribution < 1.29 is 42.7 Å². The lowest BCUT2D eigenvalue weighted by atomic mass is 9.92. The number of carbonyl (C=O) groups is 1. The van der Waals surface area contributed by atoms with Crippen LogP contribution in [0.3, 0.4) is 0 Å².